The predicted molar refractivity (Wildman–Crippen MR) is 136 cm³/mol. The second-order valence-electron chi connectivity index (χ2n) is 9.78. The van der Waals surface area contributed by atoms with Crippen LogP contribution in [-0.4, -0.2) is 4.98 Å². The molecule has 0 saturated carbocycles. The number of benzene rings is 2. The largest absolute Gasteiger partial charge is 0.437 e. The van der Waals surface area contributed by atoms with E-state index in [0.717, 1.165) is 55.4 Å². The highest BCUT2D eigenvalue weighted by Crippen LogP contribution is 2.38. The van der Waals surface area contributed by atoms with E-state index in [1.165, 1.54) is 0 Å². The van der Waals surface area contributed by atoms with Gasteiger partial charge in [0.15, 0.2) is 11.8 Å². The van der Waals surface area contributed by atoms with Gasteiger partial charge in [0, 0.05) is 29.1 Å². The van der Waals surface area contributed by atoms with E-state index in [0.29, 0.717) is 5.71 Å². The number of halogens is 1. The second kappa shape index (κ2) is 8.35. The Morgan fingerprint density at radius 2 is 1.59 bits per heavy atom. The Bertz CT molecular complexity index is 1520. The van der Waals surface area contributed by atoms with E-state index in [9.17, 15) is 0 Å². The molecule has 2 aromatic carbocycles. The number of aromatic nitrogens is 2. The molecule has 5 rings (SSSR count). The van der Waals surface area contributed by atoms with E-state index in [-0.39, 0.29) is 17.7 Å². The number of hydrogen-bond donors (Lipinski definition) is 0. The molecule has 34 heavy (non-hydrogen) atoms. The van der Waals surface area contributed by atoms with Crippen LogP contribution >= 0.6 is 0 Å². The molecule has 0 radical (unpaired) electrons. The van der Waals surface area contributed by atoms with Crippen molar-refractivity contribution in [3.8, 4) is 22.4 Å². The summed E-state index contributed by atoms with van der Waals surface area (Å²) in [5.74, 6) is 0.136. The highest BCUT2D eigenvalue weighted by atomic mass is 19.1. The summed E-state index contributed by atoms with van der Waals surface area (Å²) in [7, 11) is 2.04. The Hall–Kier alpha value is -3.53. The number of rotatable bonds is 4. The molecule has 3 aromatic heterocycles. The first-order chi connectivity index (χ1) is 16.3. The summed E-state index contributed by atoms with van der Waals surface area (Å²) in [4.78, 5) is 4.42. The van der Waals surface area contributed by atoms with Crippen LogP contribution < -0.4 is 4.57 Å². The normalized spacial score (nSPS) is 11.9. The van der Waals surface area contributed by atoms with Gasteiger partial charge in [-0.25, -0.2) is 13.9 Å². The first kappa shape index (κ1) is 22.3. The lowest BCUT2D eigenvalue weighted by atomic mass is 9.89. The molecular weight excluding hydrogens is 423 g/mol. The molecule has 4 heteroatoms. The van der Waals surface area contributed by atoms with Crippen molar-refractivity contribution < 1.29 is 13.4 Å². The Morgan fingerprint density at radius 3 is 2.26 bits per heavy atom. The zero-order valence-corrected chi connectivity index (χ0v) is 20.6. The van der Waals surface area contributed by atoms with Gasteiger partial charge in [0.1, 0.15) is 12.9 Å². The number of furan rings is 1. The monoisotopic (exact) mass is 453 g/mol. The number of hydrogen-bond acceptors (Lipinski definition) is 2. The summed E-state index contributed by atoms with van der Waals surface area (Å²) in [5.41, 5.74) is 8.32. The standard InChI is InChI=1S/C30H30FN2O/c1-17(2)24-14-21(15-25(18(3)4)28(24)31)20-11-13-33(6)26(16-20)27-19(5)9-10-22-23-8-7-12-32-30(23)34-29(22)27/h7-18H,1-6H3/q+1. The third-order valence-electron chi connectivity index (χ3n) is 6.74. The van der Waals surface area contributed by atoms with Crippen LogP contribution in [-0.2, 0) is 7.05 Å². The lowest BCUT2D eigenvalue weighted by Crippen LogP contribution is -2.30. The van der Waals surface area contributed by atoms with Crippen LogP contribution in [0.4, 0.5) is 4.39 Å². The van der Waals surface area contributed by atoms with Crippen LogP contribution in [0.1, 0.15) is 56.2 Å². The molecule has 3 nitrogen and oxygen atoms in total. The topological polar surface area (TPSA) is 29.9 Å². The van der Waals surface area contributed by atoms with Gasteiger partial charge in [-0.2, -0.15) is 0 Å². The van der Waals surface area contributed by atoms with Crippen molar-refractivity contribution in [1.82, 2.24) is 4.98 Å². The van der Waals surface area contributed by atoms with E-state index in [4.69, 9.17) is 4.42 Å². The van der Waals surface area contributed by atoms with Crippen molar-refractivity contribution in [3.05, 3.63) is 83.4 Å². The maximum atomic E-state index is 15.2. The van der Waals surface area contributed by atoms with E-state index < -0.39 is 0 Å². The smallest absolute Gasteiger partial charge is 0.227 e. The molecule has 0 aliphatic rings. The van der Waals surface area contributed by atoms with Crippen molar-refractivity contribution in [3.63, 3.8) is 0 Å². The van der Waals surface area contributed by atoms with Gasteiger partial charge >= 0.3 is 0 Å². The van der Waals surface area contributed by atoms with E-state index in [1.807, 2.05) is 59.0 Å². The molecular formula is C30H30FN2O+. The van der Waals surface area contributed by atoms with Gasteiger partial charge in [0.25, 0.3) is 0 Å². The van der Waals surface area contributed by atoms with Gasteiger partial charge in [-0.1, -0.05) is 39.8 Å². The summed E-state index contributed by atoms with van der Waals surface area (Å²) in [5, 5.41) is 2.07. The molecule has 5 aromatic rings. The maximum Gasteiger partial charge on any atom is 0.227 e. The summed E-state index contributed by atoms with van der Waals surface area (Å²) < 4.78 is 23.6. The minimum Gasteiger partial charge on any atom is -0.437 e. The molecule has 0 aliphatic heterocycles. The summed E-state index contributed by atoms with van der Waals surface area (Å²) in [6.07, 6.45) is 3.82. The van der Waals surface area contributed by atoms with Crippen LogP contribution in [0.15, 0.2) is 65.3 Å². The molecule has 0 aliphatic carbocycles. The first-order valence-electron chi connectivity index (χ1n) is 11.9. The minimum atomic E-state index is -0.0779. The lowest BCUT2D eigenvalue weighted by molar-refractivity contribution is -0.660. The Labute approximate surface area is 199 Å². The Morgan fingerprint density at radius 1 is 0.882 bits per heavy atom. The summed E-state index contributed by atoms with van der Waals surface area (Å²) in [6, 6.07) is 16.5. The van der Waals surface area contributed by atoms with Crippen LogP contribution in [0.3, 0.4) is 0 Å². The second-order valence-corrected chi connectivity index (χ2v) is 9.78. The van der Waals surface area contributed by atoms with Crippen molar-refractivity contribution in [2.24, 2.45) is 7.05 Å². The molecule has 3 heterocycles. The van der Waals surface area contributed by atoms with Crippen LogP contribution in [0.2, 0.25) is 0 Å². The highest BCUT2D eigenvalue weighted by molar-refractivity contribution is 6.08. The zero-order chi connectivity index (χ0) is 24.1. The fourth-order valence-electron chi connectivity index (χ4n) is 4.77. The predicted octanol–water partition coefficient (Wildman–Crippen LogP) is 7.83. The van der Waals surface area contributed by atoms with Gasteiger partial charge in [0.05, 0.1) is 5.56 Å². The van der Waals surface area contributed by atoms with Crippen LogP contribution in [0, 0.1) is 12.7 Å². The number of nitrogens with zero attached hydrogens (tertiary/aromatic N) is 2. The molecule has 0 amide bonds. The van der Waals surface area contributed by atoms with Gasteiger partial charge in [-0.15, -0.1) is 0 Å². The molecule has 0 spiro atoms. The van der Waals surface area contributed by atoms with E-state index in [2.05, 4.69) is 46.9 Å². The van der Waals surface area contributed by atoms with Gasteiger partial charge < -0.3 is 4.42 Å². The summed E-state index contributed by atoms with van der Waals surface area (Å²) >= 11 is 0. The Balaban J connectivity index is 1.76. The average molecular weight is 454 g/mol. The first-order valence-corrected chi connectivity index (χ1v) is 11.9. The quantitative estimate of drug-likeness (QED) is 0.260. The summed E-state index contributed by atoms with van der Waals surface area (Å²) in [6.45, 7) is 10.3. The van der Waals surface area contributed by atoms with Crippen molar-refractivity contribution in [2.75, 3.05) is 0 Å². The van der Waals surface area contributed by atoms with Gasteiger partial charge in [-0.05, 0) is 70.8 Å². The van der Waals surface area contributed by atoms with E-state index in [1.54, 1.807) is 6.20 Å². The Kier molecular flexibility index (Phi) is 5.47. The molecule has 0 fully saturated rings. The van der Waals surface area contributed by atoms with Gasteiger partial charge in [0.2, 0.25) is 11.4 Å². The average Bonchev–Trinajstić information content (AvgIpc) is 3.18. The van der Waals surface area contributed by atoms with Crippen molar-refractivity contribution in [1.29, 1.82) is 0 Å². The highest BCUT2D eigenvalue weighted by Gasteiger charge is 2.23. The number of pyridine rings is 2. The molecule has 0 bridgehead atoms. The van der Waals surface area contributed by atoms with Crippen molar-refractivity contribution >= 4 is 22.1 Å². The minimum absolute atomic E-state index is 0.0779. The third kappa shape index (κ3) is 3.58. The number of aryl methyl sites for hydroxylation is 2. The molecule has 0 unspecified atom stereocenters. The SMILES string of the molecule is Cc1ccc2c(oc3ncccc32)c1-c1cc(-c2cc(C(C)C)c(F)c(C(C)C)c2)cc[n+]1C. The van der Waals surface area contributed by atoms with Crippen LogP contribution in [0.25, 0.3) is 44.5 Å². The van der Waals surface area contributed by atoms with Gasteiger partial charge in [-0.3, -0.25) is 0 Å². The third-order valence-corrected chi connectivity index (χ3v) is 6.74. The van der Waals surface area contributed by atoms with E-state index >= 15 is 4.39 Å². The molecule has 0 N–H and O–H groups in total. The van der Waals surface area contributed by atoms with Crippen molar-refractivity contribution in [2.45, 2.75) is 46.5 Å². The van der Waals surface area contributed by atoms with Crippen LogP contribution in [0.5, 0.6) is 0 Å². The molecule has 172 valence electrons. The lowest BCUT2D eigenvalue weighted by Gasteiger charge is -2.17. The molecule has 0 saturated heterocycles. The number of fused-ring (bicyclic) bond motifs is 3. The zero-order valence-electron chi connectivity index (χ0n) is 20.6. The fourth-order valence-corrected chi connectivity index (χ4v) is 4.77. The fraction of sp³-hybridized carbons (Fsp3) is 0.267. The molecule has 0 atom stereocenters. The maximum absolute atomic E-state index is 15.2.